The molecule has 130 valence electrons. The van der Waals surface area contributed by atoms with Gasteiger partial charge in [0, 0.05) is 19.7 Å². The Hall–Kier alpha value is -1.46. The van der Waals surface area contributed by atoms with E-state index in [0.29, 0.717) is 15.7 Å². The minimum absolute atomic E-state index is 0.149. The molecule has 4 nitrogen and oxygen atoms in total. The minimum atomic E-state index is -4.99. The summed E-state index contributed by atoms with van der Waals surface area (Å²) < 4.78 is 40.3. The van der Waals surface area contributed by atoms with Crippen LogP contribution in [0, 0.1) is 3.57 Å². The van der Waals surface area contributed by atoms with Gasteiger partial charge in [0.05, 0.1) is 0 Å². The molecular formula is C15H8ClF3IN3OS. The van der Waals surface area contributed by atoms with Gasteiger partial charge in [0.25, 0.3) is 0 Å². The van der Waals surface area contributed by atoms with Crippen molar-refractivity contribution in [1.29, 1.82) is 0 Å². The first kappa shape index (κ1) is 18.3. The number of carbonyl (C=O) groups excluding carboxylic acids is 1. The van der Waals surface area contributed by atoms with Crippen LogP contribution in [0.25, 0.3) is 5.65 Å². The van der Waals surface area contributed by atoms with Crippen molar-refractivity contribution in [3.63, 3.8) is 0 Å². The first-order valence-corrected chi connectivity index (χ1v) is 9.00. The number of amides is 1. The molecule has 1 amide bonds. The lowest BCUT2D eigenvalue weighted by Crippen LogP contribution is -2.30. The third kappa shape index (κ3) is 4.21. The van der Waals surface area contributed by atoms with E-state index in [1.165, 1.54) is 11.8 Å². The summed E-state index contributed by atoms with van der Waals surface area (Å²) in [5, 5.41) is 2.76. The summed E-state index contributed by atoms with van der Waals surface area (Å²) in [7, 11) is 0. The van der Waals surface area contributed by atoms with Gasteiger partial charge in [-0.25, -0.2) is 4.98 Å². The molecule has 10 heteroatoms. The molecule has 3 aromatic rings. The lowest BCUT2D eigenvalue weighted by Gasteiger charge is -2.08. The van der Waals surface area contributed by atoms with Crippen molar-refractivity contribution in [2.24, 2.45) is 0 Å². The fourth-order valence-electron chi connectivity index (χ4n) is 1.97. The SMILES string of the molecule is O=C(Nc1nc2ccc(I)cn2c1Sc1ccc(Cl)cc1)C(F)(F)F. The van der Waals surface area contributed by atoms with Gasteiger partial charge in [-0.1, -0.05) is 23.4 Å². The summed E-state index contributed by atoms with van der Waals surface area (Å²) in [6, 6.07) is 10.2. The summed E-state index contributed by atoms with van der Waals surface area (Å²) >= 11 is 9.11. The predicted molar refractivity (Wildman–Crippen MR) is 98.2 cm³/mol. The van der Waals surface area contributed by atoms with Crippen LogP contribution in [0.5, 0.6) is 0 Å². The second-order valence-corrected chi connectivity index (χ2v) is 7.59. The molecular weight excluding hydrogens is 490 g/mol. The maximum atomic E-state index is 12.6. The van der Waals surface area contributed by atoms with E-state index in [9.17, 15) is 18.0 Å². The van der Waals surface area contributed by atoms with Gasteiger partial charge < -0.3 is 5.32 Å². The maximum Gasteiger partial charge on any atom is 0.471 e. The van der Waals surface area contributed by atoms with E-state index in [4.69, 9.17) is 11.6 Å². The molecule has 2 aromatic heterocycles. The first-order chi connectivity index (χ1) is 11.7. The van der Waals surface area contributed by atoms with Crippen LogP contribution in [0.3, 0.4) is 0 Å². The lowest BCUT2D eigenvalue weighted by atomic mass is 10.4. The highest BCUT2D eigenvalue weighted by Gasteiger charge is 2.39. The van der Waals surface area contributed by atoms with E-state index in [-0.39, 0.29) is 5.82 Å². The Balaban J connectivity index is 2.06. The van der Waals surface area contributed by atoms with Crippen molar-refractivity contribution in [3.8, 4) is 0 Å². The predicted octanol–water partition coefficient (Wildman–Crippen LogP) is 5.24. The van der Waals surface area contributed by atoms with Gasteiger partial charge in [0.1, 0.15) is 10.7 Å². The standard InChI is InChI=1S/C15H8ClF3IN3OS/c16-8-1-4-10(5-2-8)25-13-12(22-14(24)15(17,18)19)21-11-6-3-9(20)7-23(11)13/h1-7H,(H,22,24). The molecule has 2 heterocycles. The van der Waals surface area contributed by atoms with Gasteiger partial charge in [0.2, 0.25) is 0 Å². The van der Waals surface area contributed by atoms with E-state index >= 15 is 0 Å². The Bertz CT molecular complexity index is 944. The maximum absolute atomic E-state index is 12.6. The molecule has 0 aliphatic carbocycles. The van der Waals surface area contributed by atoms with Gasteiger partial charge in [-0.15, -0.1) is 0 Å². The first-order valence-electron chi connectivity index (χ1n) is 6.73. The fraction of sp³-hybridized carbons (Fsp3) is 0.0667. The molecule has 0 spiro atoms. The van der Waals surface area contributed by atoms with Crippen LogP contribution >= 0.6 is 46.0 Å². The number of halogens is 5. The van der Waals surface area contributed by atoms with Crippen LogP contribution in [0.2, 0.25) is 5.02 Å². The number of benzene rings is 1. The number of anilines is 1. The molecule has 25 heavy (non-hydrogen) atoms. The largest absolute Gasteiger partial charge is 0.471 e. The van der Waals surface area contributed by atoms with E-state index in [1.807, 2.05) is 5.32 Å². The number of fused-ring (bicyclic) bond motifs is 1. The topological polar surface area (TPSA) is 46.4 Å². The average molecular weight is 498 g/mol. The number of aromatic nitrogens is 2. The van der Waals surface area contributed by atoms with E-state index in [0.717, 1.165) is 8.47 Å². The van der Waals surface area contributed by atoms with Gasteiger partial charge >= 0.3 is 12.1 Å². The van der Waals surface area contributed by atoms with E-state index < -0.39 is 12.1 Å². The van der Waals surface area contributed by atoms with Gasteiger partial charge in [-0.05, 0) is 59.0 Å². The molecule has 0 radical (unpaired) electrons. The Morgan fingerprint density at radius 3 is 2.52 bits per heavy atom. The van der Waals surface area contributed by atoms with Crippen molar-refractivity contribution in [1.82, 2.24) is 9.38 Å². The molecule has 0 fully saturated rings. The second kappa shape index (κ2) is 7.04. The Morgan fingerprint density at radius 1 is 1.20 bits per heavy atom. The molecule has 0 atom stereocenters. The third-order valence-corrected chi connectivity index (χ3v) is 5.04. The highest BCUT2D eigenvalue weighted by Crippen LogP contribution is 2.35. The van der Waals surface area contributed by atoms with Crippen molar-refractivity contribution in [2.75, 3.05) is 5.32 Å². The number of nitrogens with zero attached hydrogens (tertiary/aromatic N) is 2. The molecule has 0 aliphatic heterocycles. The summed E-state index contributed by atoms with van der Waals surface area (Å²) in [6.45, 7) is 0. The van der Waals surface area contributed by atoms with Crippen LogP contribution in [-0.4, -0.2) is 21.5 Å². The number of hydrogen-bond donors (Lipinski definition) is 1. The van der Waals surface area contributed by atoms with Gasteiger partial charge in [-0.2, -0.15) is 13.2 Å². The Morgan fingerprint density at radius 2 is 1.88 bits per heavy atom. The number of pyridine rings is 1. The zero-order valence-corrected chi connectivity index (χ0v) is 15.9. The number of alkyl halides is 3. The molecule has 3 rings (SSSR count). The summed E-state index contributed by atoms with van der Waals surface area (Å²) in [5.41, 5.74) is 0.425. The molecule has 1 aromatic carbocycles. The van der Waals surface area contributed by atoms with Crippen LogP contribution in [0.15, 0.2) is 52.5 Å². The zero-order chi connectivity index (χ0) is 18.2. The minimum Gasteiger partial charge on any atom is -0.300 e. The van der Waals surface area contributed by atoms with E-state index in [1.54, 1.807) is 47.0 Å². The van der Waals surface area contributed by atoms with Crippen molar-refractivity contribution < 1.29 is 18.0 Å². The highest BCUT2D eigenvalue weighted by molar-refractivity contribution is 14.1. The molecule has 1 N–H and O–H groups in total. The van der Waals surface area contributed by atoms with Crippen LogP contribution in [-0.2, 0) is 4.79 Å². The third-order valence-electron chi connectivity index (χ3n) is 3.06. The van der Waals surface area contributed by atoms with Crippen molar-refractivity contribution in [2.45, 2.75) is 16.1 Å². The quantitative estimate of drug-likeness (QED) is 0.503. The normalized spacial score (nSPS) is 11.7. The van der Waals surface area contributed by atoms with Crippen LogP contribution in [0.1, 0.15) is 0 Å². The van der Waals surface area contributed by atoms with Crippen molar-refractivity contribution in [3.05, 3.63) is 51.2 Å². The fourth-order valence-corrected chi connectivity index (χ4v) is 3.49. The summed E-state index contributed by atoms with van der Waals surface area (Å²) in [6.07, 6.45) is -3.27. The molecule has 0 saturated heterocycles. The van der Waals surface area contributed by atoms with Crippen LogP contribution < -0.4 is 5.32 Å². The highest BCUT2D eigenvalue weighted by atomic mass is 127. The summed E-state index contributed by atoms with van der Waals surface area (Å²) in [5.74, 6) is -2.21. The van der Waals surface area contributed by atoms with Gasteiger partial charge in [0.15, 0.2) is 5.82 Å². The molecule has 0 bridgehead atoms. The lowest BCUT2D eigenvalue weighted by molar-refractivity contribution is -0.167. The second-order valence-electron chi connectivity index (χ2n) is 4.85. The number of hydrogen-bond acceptors (Lipinski definition) is 3. The monoisotopic (exact) mass is 497 g/mol. The number of rotatable bonds is 3. The summed E-state index contributed by atoms with van der Waals surface area (Å²) in [4.78, 5) is 16.2. The van der Waals surface area contributed by atoms with Crippen molar-refractivity contribution >= 4 is 63.3 Å². The molecule has 0 unspecified atom stereocenters. The number of carbonyl (C=O) groups is 1. The Labute approximate surface area is 162 Å². The zero-order valence-electron chi connectivity index (χ0n) is 12.1. The molecule has 0 saturated carbocycles. The Kier molecular flexibility index (Phi) is 5.16. The molecule has 0 aliphatic rings. The number of nitrogens with one attached hydrogen (secondary N) is 1. The average Bonchev–Trinajstić information content (AvgIpc) is 2.86. The van der Waals surface area contributed by atoms with Gasteiger partial charge in [-0.3, -0.25) is 9.20 Å². The van der Waals surface area contributed by atoms with Crippen LogP contribution in [0.4, 0.5) is 19.0 Å². The number of imidazole rings is 1. The van der Waals surface area contributed by atoms with E-state index in [2.05, 4.69) is 27.6 Å². The smallest absolute Gasteiger partial charge is 0.300 e.